The quantitative estimate of drug-likeness (QED) is 0.299. The highest BCUT2D eigenvalue weighted by atomic mass is 32.1. The van der Waals surface area contributed by atoms with Crippen LogP contribution in [0, 0.1) is 0 Å². The van der Waals surface area contributed by atoms with Gasteiger partial charge in [0.1, 0.15) is 5.01 Å². The third-order valence-electron chi connectivity index (χ3n) is 6.51. The molecule has 0 fully saturated rings. The van der Waals surface area contributed by atoms with Gasteiger partial charge >= 0.3 is 0 Å². The molecule has 4 aromatic carbocycles. The number of nitrogens with one attached hydrogen (secondary N) is 1. The number of aromatic nitrogens is 1. The average molecular weight is 468 g/mol. The largest absolute Gasteiger partial charge is 0.371 e. The van der Waals surface area contributed by atoms with E-state index in [4.69, 9.17) is 9.98 Å². The Labute approximate surface area is 207 Å². The van der Waals surface area contributed by atoms with Crippen LogP contribution in [0.25, 0.3) is 43.0 Å². The predicted octanol–water partition coefficient (Wildman–Crippen LogP) is 7.48. The van der Waals surface area contributed by atoms with Crippen LogP contribution in [0.15, 0.2) is 120 Å². The molecule has 0 amide bonds. The molecule has 35 heavy (non-hydrogen) atoms. The van der Waals surface area contributed by atoms with E-state index in [0.29, 0.717) is 0 Å². The lowest BCUT2D eigenvalue weighted by atomic mass is 9.96. The minimum Gasteiger partial charge on any atom is -0.371 e. The van der Waals surface area contributed by atoms with E-state index in [1.807, 2.05) is 18.2 Å². The standard InChI is InChI=1S/C31H21N3S/c1-3-9-21(10-4-1)28-29(33-26-14-8-7-13-25(26)32-28)23-16-15-20-17-18-27-30(24(20)19-23)34-31(35-27)22-11-5-2-6-12-22/h1-19,26,33H. The molecule has 1 unspecified atom stereocenters. The van der Waals surface area contributed by atoms with Gasteiger partial charge in [0.05, 0.1) is 33.4 Å². The molecule has 166 valence electrons. The van der Waals surface area contributed by atoms with Crippen molar-refractivity contribution in [1.82, 2.24) is 10.3 Å². The zero-order chi connectivity index (χ0) is 23.2. The maximum Gasteiger partial charge on any atom is 0.124 e. The molecule has 0 bridgehead atoms. The number of fused-ring (bicyclic) bond motifs is 4. The van der Waals surface area contributed by atoms with Crippen molar-refractivity contribution in [2.45, 2.75) is 6.04 Å². The first-order chi connectivity index (χ1) is 17.3. The van der Waals surface area contributed by atoms with E-state index < -0.39 is 0 Å². The lowest BCUT2D eigenvalue weighted by Gasteiger charge is -2.28. The van der Waals surface area contributed by atoms with Gasteiger partial charge in [0.15, 0.2) is 0 Å². The summed E-state index contributed by atoms with van der Waals surface area (Å²) < 4.78 is 1.20. The first-order valence-electron chi connectivity index (χ1n) is 11.7. The van der Waals surface area contributed by atoms with E-state index in [1.54, 1.807) is 11.3 Å². The number of aliphatic imine (C=N–C) groups is 1. The van der Waals surface area contributed by atoms with E-state index in [2.05, 4.69) is 102 Å². The third-order valence-corrected chi connectivity index (χ3v) is 7.58. The first kappa shape index (κ1) is 20.1. The zero-order valence-electron chi connectivity index (χ0n) is 18.8. The van der Waals surface area contributed by atoms with Gasteiger partial charge in [-0.1, -0.05) is 97.1 Å². The number of nitrogens with zero attached hydrogens (tertiary/aromatic N) is 2. The Hall–Kier alpha value is -4.28. The van der Waals surface area contributed by atoms with Crippen molar-refractivity contribution in [3.63, 3.8) is 0 Å². The maximum atomic E-state index is 5.10. The normalized spacial score (nSPS) is 16.9. The molecule has 4 heteroatoms. The molecule has 1 aliphatic carbocycles. The molecular formula is C31H21N3S. The molecule has 7 rings (SSSR count). The average Bonchev–Trinajstić information content (AvgIpc) is 3.38. The third kappa shape index (κ3) is 3.50. The molecule has 1 atom stereocenters. The summed E-state index contributed by atoms with van der Waals surface area (Å²) in [5, 5.41) is 7.15. The van der Waals surface area contributed by atoms with Gasteiger partial charge in [0.25, 0.3) is 0 Å². The number of allylic oxidation sites excluding steroid dienone is 2. The number of thiazole rings is 1. The highest BCUT2D eigenvalue weighted by molar-refractivity contribution is 7.21. The SMILES string of the molecule is C1=CC2=NC(c3ccccc3)=C(c3ccc4ccc5sc(-c6ccccc6)nc5c4c3)NC2C=C1. The lowest BCUT2D eigenvalue weighted by Crippen LogP contribution is -2.37. The lowest BCUT2D eigenvalue weighted by molar-refractivity contribution is 0.883. The van der Waals surface area contributed by atoms with Crippen LogP contribution < -0.4 is 5.32 Å². The van der Waals surface area contributed by atoms with Gasteiger partial charge in [0, 0.05) is 22.1 Å². The Balaban J connectivity index is 1.43. The molecular weight excluding hydrogens is 446 g/mol. The van der Waals surface area contributed by atoms with Crippen LogP contribution in [0.1, 0.15) is 11.1 Å². The maximum absolute atomic E-state index is 5.10. The fraction of sp³-hybridized carbons (Fsp3) is 0.0323. The molecule has 2 heterocycles. The summed E-state index contributed by atoms with van der Waals surface area (Å²) in [5.41, 5.74) is 7.46. The molecule has 0 saturated carbocycles. The fourth-order valence-electron chi connectivity index (χ4n) is 4.76. The van der Waals surface area contributed by atoms with Crippen LogP contribution in [0.4, 0.5) is 0 Å². The minimum atomic E-state index is 0.0675. The van der Waals surface area contributed by atoms with Crippen molar-refractivity contribution in [2.75, 3.05) is 0 Å². The summed E-state index contributed by atoms with van der Waals surface area (Å²) in [4.78, 5) is 10.2. The molecule has 1 aromatic heterocycles. The van der Waals surface area contributed by atoms with Crippen molar-refractivity contribution < 1.29 is 0 Å². The topological polar surface area (TPSA) is 37.3 Å². The summed E-state index contributed by atoms with van der Waals surface area (Å²) in [5.74, 6) is 0. The van der Waals surface area contributed by atoms with Crippen LogP contribution in [0.2, 0.25) is 0 Å². The molecule has 1 aliphatic heterocycles. The zero-order valence-corrected chi connectivity index (χ0v) is 19.7. The number of hydrogen-bond donors (Lipinski definition) is 1. The smallest absolute Gasteiger partial charge is 0.124 e. The number of hydrogen-bond acceptors (Lipinski definition) is 4. The molecule has 3 nitrogen and oxygen atoms in total. The summed E-state index contributed by atoms with van der Waals surface area (Å²) in [6, 6.07) is 31.9. The molecule has 2 aliphatic rings. The first-order valence-corrected chi connectivity index (χ1v) is 12.5. The molecule has 1 N–H and O–H groups in total. The molecule has 0 saturated heterocycles. The predicted molar refractivity (Wildman–Crippen MR) is 148 cm³/mol. The van der Waals surface area contributed by atoms with Gasteiger partial charge in [-0.05, 0) is 23.6 Å². The van der Waals surface area contributed by atoms with Crippen molar-refractivity contribution in [3.05, 3.63) is 126 Å². The van der Waals surface area contributed by atoms with Gasteiger partial charge < -0.3 is 5.32 Å². The van der Waals surface area contributed by atoms with Crippen LogP contribution in [-0.2, 0) is 0 Å². The van der Waals surface area contributed by atoms with Gasteiger partial charge in [-0.25, -0.2) is 9.98 Å². The highest BCUT2D eigenvalue weighted by Gasteiger charge is 2.24. The second-order valence-corrected chi connectivity index (χ2v) is 9.76. The second-order valence-electron chi connectivity index (χ2n) is 8.73. The Morgan fingerprint density at radius 3 is 2.34 bits per heavy atom. The van der Waals surface area contributed by atoms with Crippen LogP contribution in [0.5, 0.6) is 0 Å². The Bertz CT molecular complexity index is 1710. The van der Waals surface area contributed by atoms with E-state index in [0.717, 1.165) is 49.7 Å². The Morgan fingerprint density at radius 2 is 1.51 bits per heavy atom. The Morgan fingerprint density at radius 1 is 0.743 bits per heavy atom. The fourth-order valence-corrected chi connectivity index (χ4v) is 5.75. The van der Waals surface area contributed by atoms with Crippen molar-refractivity contribution >= 4 is 49.4 Å². The number of rotatable bonds is 3. The van der Waals surface area contributed by atoms with Gasteiger partial charge in [-0.2, -0.15) is 0 Å². The van der Waals surface area contributed by atoms with Crippen LogP contribution in [0.3, 0.4) is 0 Å². The van der Waals surface area contributed by atoms with E-state index in [1.165, 1.54) is 10.1 Å². The monoisotopic (exact) mass is 467 g/mol. The summed E-state index contributed by atoms with van der Waals surface area (Å²) in [6.45, 7) is 0. The molecule has 0 radical (unpaired) electrons. The summed E-state index contributed by atoms with van der Waals surface area (Å²) in [7, 11) is 0. The minimum absolute atomic E-state index is 0.0675. The molecule has 5 aromatic rings. The Kier molecular flexibility index (Phi) is 4.71. The highest BCUT2D eigenvalue weighted by Crippen LogP contribution is 2.37. The summed E-state index contributed by atoms with van der Waals surface area (Å²) in [6.07, 6.45) is 8.37. The van der Waals surface area contributed by atoms with Gasteiger partial charge in [-0.15, -0.1) is 11.3 Å². The van der Waals surface area contributed by atoms with Crippen LogP contribution >= 0.6 is 11.3 Å². The van der Waals surface area contributed by atoms with E-state index in [-0.39, 0.29) is 6.04 Å². The van der Waals surface area contributed by atoms with Crippen molar-refractivity contribution in [3.8, 4) is 10.6 Å². The summed E-state index contributed by atoms with van der Waals surface area (Å²) >= 11 is 1.74. The van der Waals surface area contributed by atoms with Gasteiger partial charge in [-0.3, -0.25) is 0 Å². The van der Waals surface area contributed by atoms with E-state index >= 15 is 0 Å². The van der Waals surface area contributed by atoms with Crippen molar-refractivity contribution in [2.24, 2.45) is 4.99 Å². The van der Waals surface area contributed by atoms with Crippen molar-refractivity contribution in [1.29, 1.82) is 0 Å². The van der Waals surface area contributed by atoms with E-state index in [9.17, 15) is 0 Å². The van der Waals surface area contributed by atoms with Crippen LogP contribution in [-0.4, -0.2) is 16.7 Å². The second kappa shape index (κ2) is 8.19. The molecule has 0 spiro atoms. The van der Waals surface area contributed by atoms with Gasteiger partial charge in [0.2, 0.25) is 0 Å². The number of benzene rings is 4.